The molecule has 18 heavy (non-hydrogen) atoms. The van der Waals surface area contributed by atoms with Gasteiger partial charge >= 0.3 is 0 Å². The number of hydrogen-bond acceptors (Lipinski definition) is 4. The fourth-order valence-corrected chi connectivity index (χ4v) is 1.66. The van der Waals surface area contributed by atoms with Gasteiger partial charge in [-0.3, -0.25) is 0 Å². The van der Waals surface area contributed by atoms with Gasteiger partial charge < -0.3 is 14.5 Å². The Bertz CT molecular complexity index is 555. The lowest BCUT2D eigenvalue weighted by Gasteiger charge is -2.06. The average Bonchev–Trinajstić information content (AvgIpc) is 2.85. The molecule has 0 atom stereocenters. The number of nitrogens with one attached hydrogen (secondary N) is 1. The molecule has 0 bridgehead atoms. The van der Waals surface area contributed by atoms with Crippen LogP contribution in [-0.2, 0) is 17.9 Å². The lowest BCUT2D eigenvalue weighted by molar-refractivity contribution is 0.185. The van der Waals surface area contributed by atoms with Crippen molar-refractivity contribution in [1.82, 2.24) is 0 Å². The molecule has 1 heterocycles. The third-order valence-corrected chi connectivity index (χ3v) is 2.48. The van der Waals surface area contributed by atoms with Gasteiger partial charge in [0.2, 0.25) is 5.76 Å². The van der Waals surface area contributed by atoms with Gasteiger partial charge in [0.05, 0.1) is 13.2 Å². The molecular formula is C14H14N2O2. The molecule has 1 aromatic carbocycles. The van der Waals surface area contributed by atoms with Crippen molar-refractivity contribution in [2.24, 2.45) is 0 Å². The van der Waals surface area contributed by atoms with Crippen molar-refractivity contribution >= 4 is 5.69 Å². The van der Waals surface area contributed by atoms with E-state index in [1.165, 1.54) is 0 Å². The summed E-state index contributed by atoms with van der Waals surface area (Å²) >= 11 is 0. The molecule has 2 aromatic rings. The molecule has 1 N–H and O–H groups in total. The quantitative estimate of drug-likeness (QED) is 0.875. The smallest absolute Gasteiger partial charge is 0.203 e. The first-order chi connectivity index (χ1) is 8.81. The molecule has 1 aromatic heterocycles. The van der Waals surface area contributed by atoms with Gasteiger partial charge in [0, 0.05) is 12.8 Å². The first-order valence-electron chi connectivity index (χ1n) is 5.62. The molecule has 92 valence electrons. The number of anilines is 1. The van der Waals surface area contributed by atoms with Gasteiger partial charge in [0.15, 0.2) is 0 Å². The standard InChI is InChI=1S/C14H14N2O2/c1-17-10-11-3-2-4-12(7-11)16-9-14-6-5-13(8-15)18-14/h2-7,16H,9-10H2,1H3. The van der Waals surface area contributed by atoms with Gasteiger partial charge in [-0.15, -0.1) is 0 Å². The summed E-state index contributed by atoms with van der Waals surface area (Å²) in [7, 11) is 1.67. The lowest BCUT2D eigenvalue weighted by Crippen LogP contribution is -1.99. The lowest BCUT2D eigenvalue weighted by atomic mass is 10.2. The molecule has 0 unspecified atom stereocenters. The number of methoxy groups -OCH3 is 1. The van der Waals surface area contributed by atoms with Gasteiger partial charge in [-0.1, -0.05) is 12.1 Å². The Balaban J connectivity index is 1.97. The molecule has 2 rings (SSSR count). The third kappa shape index (κ3) is 3.12. The topological polar surface area (TPSA) is 58.2 Å². The van der Waals surface area contributed by atoms with Crippen LogP contribution in [0.4, 0.5) is 5.69 Å². The summed E-state index contributed by atoms with van der Waals surface area (Å²) in [5.41, 5.74) is 2.11. The minimum absolute atomic E-state index is 0.333. The summed E-state index contributed by atoms with van der Waals surface area (Å²) in [4.78, 5) is 0. The second-order valence-electron chi connectivity index (χ2n) is 3.86. The van der Waals surface area contributed by atoms with Crippen LogP contribution in [0.3, 0.4) is 0 Å². The average molecular weight is 242 g/mol. The number of ether oxygens (including phenoxy) is 1. The van der Waals surface area contributed by atoms with Crippen molar-refractivity contribution in [2.75, 3.05) is 12.4 Å². The molecule has 4 heteroatoms. The molecule has 0 aliphatic rings. The van der Waals surface area contributed by atoms with Crippen molar-refractivity contribution in [3.8, 4) is 6.07 Å². The molecule has 0 saturated heterocycles. The van der Waals surface area contributed by atoms with Crippen molar-refractivity contribution in [3.05, 3.63) is 53.5 Å². The first kappa shape index (κ1) is 12.2. The van der Waals surface area contributed by atoms with Crippen LogP contribution < -0.4 is 5.32 Å². The van der Waals surface area contributed by atoms with Crippen LogP contribution in [0, 0.1) is 11.3 Å². The Morgan fingerprint density at radius 2 is 2.22 bits per heavy atom. The van der Waals surface area contributed by atoms with E-state index in [1.807, 2.05) is 30.3 Å². The van der Waals surface area contributed by atoms with Crippen LogP contribution in [0.25, 0.3) is 0 Å². The summed E-state index contributed by atoms with van der Waals surface area (Å²) in [5, 5.41) is 11.9. The van der Waals surface area contributed by atoms with Gasteiger partial charge in [0.25, 0.3) is 0 Å². The fourth-order valence-electron chi connectivity index (χ4n) is 1.66. The molecule has 0 fully saturated rings. The van der Waals surface area contributed by atoms with Crippen LogP contribution in [0.5, 0.6) is 0 Å². The monoisotopic (exact) mass is 242 g/mol. The maximum atomic E-state index is 8.65. The van der Waals surface area contributed by atoms with Crippen LogP contribution in [0.15, 0.2) is 40.8 Å². The number of furan rings is 1. The molecule has 0 saturated carbocycles. The Labute approximate surface area is 106 Å². The summed E-state index contributed by atoms with van der Waals surface area (Å²) in [6.07, 6.45) is 0. The predicted molar refractivity (Wildman–Crippen MR) is 67.9 cm³/mol. The maximum absolute atomic E-state index is 8.65. The minimum atomic E-state index is 0.333. The molecular weight excluding hydrogens is 228 g/mol. The van der Waals surface area contributed by atoms with Gasteiger partial charge in [-0.05, 0) is 29.8 Å². The normalized spacial score (nSPS) is 10.0. The number of nitriles is 1. The van der Waals surface area contributed by atoms with E-state index in [0.29, 0.717) is 18.9 Å². The van der Waals surface area contributed by atoms with Crippen molar-refractivity contribution in [1.29, 1.82) is 5.26 Å². The highest BCUT2D eigenvalue weighted by molar-refractivity contribution is 5.45. The van der Waals surface area contributed by atoms with E-state index in [2.05, 4.69) is 5.32 Å². The number of nitrogens with zero attached hydrogens (tertiary/aromatic N) is 1. The van der Waals surface area contributed by atoms with E-state index in [1.54, 1.807) is 19.2 Å². The van der Waals surface area contributed by atoms with E-state index >= 15 is 0 Å². The Morgan fingerprint density at radius 1 is 1.33 bits per heavy atom. The first-order valence-corrected chi connectivity index (χ1v) is 5.62. The molecule has 0 aliphatic heterocycles. The van der Waals surface area contributed by atoms with E-state index in [4.69, 9.17) is 14.4 Å². The zero-order valence-electron chi connectivity index (χ0n) is 10.1. The Kier molecular flexibility index (Phi) is 4.00. The van der Waals surface area contributed by atoms with E-state index in [0.717, 1.165) is 17.0 Å². The Hall–Kier alpha value is -2.25. The van der Waals surface area contributed by atoms with Crippen molar-refractivity contribution in [2.45, 2.75) is 13.2 Å². The highest BCUT2D eigenvalue weighted by Crippen LogP contribution is 2.14. The van der Waals surface area contributed by atoms with Crippen molar-refractivity contribution < 1.29 is 9.15 Å². The van der Waals surface area contributed by atoms with E-state index < -0.39 is 0 Å². The SMILES string of the molecule is COCc1cccc(NCc2ccc(C#N)o2)c1. The summed E-state index contributed by atoms with van der Waals surface area (Å²) < 4.78 is 10.4. The number of hydrogen-bond donors (Lipinski definition) is 1. The highest BCUT2D eigenvalue weighted by atomic mass is 16.5. The van der Waals surface area contributed by atoms with Crippen molar-refractivity contribution in [3.63, 3.8) is 0 Å². The Morgan fingerprint density at radius 3 is 2.94 bits per heavy atom. The van der Waals surface area contributed by atoms with Crippen LogP contribution in [0.1, 0.15) is 17.1 Å². The second-order valence-corrected chi connectivity index (χ2v) is 3.86. The number of rotatable bonds is 5. The molecule has 0 amide bonds. The zero-order chi connectivity index (χ0) is 12.8. The van der Waals surface area contributed by atoms with Gasteiger partial charge in [0.1, 0.15) is 11.8 Å². The predicted octanol–water partition coefficient (Wildman–Crippen LogP) is 2.91. The largest absolute Gasteiger partial charge is 0.449 e. The second kappa shape index (κ2) is 5.89. The maximum Gasteiger partial charge on any atom is 0.203 e. The zero-order valence-corrected chi connectivity index (χ0v) is 10.1. The van der Waals surface area contributed by atoms with E-state index in [-0.39, 0.29) is 0 Å². The molecule has 4 nitrogen and oxygen atoms in total. The van der Waals surface area contributed by atoms with E-state index in [9.17, 15) is 0 Å². The van der Waals surface area contributed by atoms with Crippen LogP contribution in [-0.4, -0.2) is 7.11 Å². The summed E-state index contributed by atoms with van der Waals surface area (Å²) in [5.74, 6) is 1.07. The molecule has 0 radical (unpaired) electrons. The third-order valence-electron chi connectivity index (χ3n) is 2.48. The summed E-state index contributed by atoms with van der Waals surface area (Å²) in [6, 6.07) is 13.4. The molecule has 0 spiro atoms. The fraction of sp³-hybridized carbons (Fsp3) is 0.214. The van der Waals surface area contributed by atoms with Crippen LogP contribution in [0.2, 0.25) is 0 Å². The van der Waals surface area contributed by atoms with Gasteiger partial charge in [-0.25, -0.2) is 0 Å². The minimum Gasteiger partial charge on any atom is -0.449 e. The molecule has 0 aliphatic carbocycles. The highest BCUT2D eigenvalue weighted by Gasteiger charge is 2.01. The van der Waals surface area contributed by atoms with Crippen LogP contribution >= 0.6 is 0 Å². The number of benzene rings is 1. The van der Waals surface area contributed by atoms with Gasteiger partial charge in [-0.2, -0.15) is 5.26 Å². The summed E-state index contributed by atoms with van der Waals surface area (Å²) in [6.45, 7) is 1.15.